The molecule has 1 N–H and O–H groups in total. The summed E-state index contributed by atoms with van der Waals surface area (Å²) in [7, 11) is 0. The Morgan fingerprint density at radius 3 is 2.64 bits per heavy atom. The number of rotatable bonds is 3. The minimum absolute atomic E-state index is 0.114. The number of alkyl halides is 2. The van der Waals surface area contributed by atoms with Crippen molar-refractivity contribution in [1.82, 2.24) is 10.1 Å². The molecule has 112 valence electrons. The standard InChI is InChI=1S/C14H8F3N3O2/c15-9-5-3-8(4-6-9)14(16,17)13(21)19-11-10-2-1-7-18-12(10)22-20-11/h1-7H,(H,19,20,21). The molecule has 1 aromatic carbocycles. The van der Waals surface area contributed by atoms with Crippen LogP contribution in [0.15, 0.2) is 47.1 Å². The molecule has 3 aromatic rings. The summed E-state index contributed by atoms with van der Waals surface area (Å²) < 4.78 is 45.7. The van der Waals surface area contributed by atoms with E-state index in [1.165, 1.54) is 12.3 Å². The van der Waals surface area contributed by atoms with Crippen molar-refractivity contribution >= 4 is 22.8 Å². The van der Waals surface area contributed by atoms with Crippen LogP contribution in [0, 0.1) is 5.82 Å². The highest BCUT2D eigenvalue weighted by Crippen LogP contribution is 2.30. The van der Waals surface area contributed by atoms with E-state index in [-0.39, 0.29) is 11.5 Å². The highest BCUT2D eigenvalue weighted by atomic mass is 19.3. The van der Waals surface area contributed by atoms with Crippen molar-refractivity contribution in [2.75, 3.05) is 5.32 Å². The number of carbonyl (C=O) groups is 1. The van der Waals surface area contributed by atoms with Gasteiger partial charge in [0.15, 0.2) is 5.82 Å². The molecule has 2 heterocycles. The number of nitrogens with one attached hydrogen (secondary N) is 1. The maximum absolute atomic E-state index is 14.1. The number of carbonyl (C=O) groups excluding carboxylic acids is 1. The molecule has 8 heteroatoms. The molecule has 0 aliphatic carbocycles. The zero-order valence-electron chi connectivity index (χ0n) is 10.9. The van der Waals surface area contributed by atoms with Crippen molar-refractivity contribution in [3.63, 3.8) is 0 Å². The molecule has 3 rings (SSSR count). The first kappa shape index (κ1) is 14.1. The van der Waals surface area contributed by atoms with Crippen LogP contribution in [-0.2, 0) is 10.7 Å². The zero-order chi connectivity index (χ0) is 15.7. The Morgan fingerprint density at radius 2 is 1.91 bits per heavy atom. The molecule has 0 fully saturated rings. The SMILES string of the molecule is O=C(Nc1noc2ncccc12)C(F)(F)c1ccc(F)cc1. The predicted molar refractivity (Wildman–Crippen MR) is 70.7 cm³/mol. The van der Waals surface area contributed by atoms with E-state index in [0.717, 1.165) is 24.3 Å². The van der Waals surface area contributed by atoms with Gasteiger partial charge in [0.25, 0.3) is 5.71 Å². The number of benzene rings is 1. The number of aromatic nitrogens is 2. The minimum atomic E-state index is -3.85. The van der Waals surface area contributed by atoms with Crippen molar-refractivity contribution < 1.29 is 22.5 Å². The van der Waals surface area contributed by atoms with Gasteiger partial charge in [0.1, 0.15) is 5.82 Å². The molecule has 2 aromatic heterocycles. The Labute approximate surface area is 121 Å². The van der Waals surface area contributed by atoms with Gasteiger partial charge >= 0.3 is 11.8 Å². The molecular weight excluding hydrogens is 299 g/mol. The third-order valence-electron chi connectivity index (χ3n) is 2.97. The monoisotopic (exact) mass is 307 g/mol. The van der Waals surface area contributed by atoms with Crippen LogP contribution >= 0.6 is 0 Å². The van der Waals surface area contributed by atoms with Crippen LogP contribution in [0.1, 0.15) is 5.56 Å². The summed E-state index contributed by atoms with van der Waals surface area (Å²) in [5.74, 6) is -6.28. The van der Waals surface area contributed by atoms with Gasteiger partial charge in [-0.15, -0.1) is 0 Å². The lowest BCUT2D eigenvalue weighted by Gasteiger charge is -2.15. The topological polar surface area (TPSA) is 68.0 Å². The van der Waals surface area contributed by atoms with E-state index < -0.39 is 23.2 Å². The second-order valence-corrected chi connectivity index (χ2v) is 4.42. The summed E-state index contributed by atoms with van der Waals surface area (Å²) in [6.45, 7) is 0. The number of halogens is 3. The Bertz CT molecular complexity index is 831. The van der Waals surface area contributed by atoms with Gasteiger partial charge in [-0.05, 0) is 36.4 Å². The highest BCUT2D eigenvalue weighted by molar-refractivity contribution is 6.01. The van der Waals surface area contributed by atoms with Crippen LogP contribution in [0.3, 0.4) is 0 Å². The van der Waals surface area contributed by atoms with E-state index >= 15 is 0 Å². The number of anilines is 1. The van der Waals surface area contributed by atoms with Crippen LogP contribution in [0.25, 0.3) is 11.1 Å². The summed E-state index contributed by atoms with van der Waals surface area (Å²) in [5, 5.41) is 5.78. The molecule has 1 amide bonds. The maximum atomic E-state index is 14.1. The summed E-state index contributed by atoms with van der Waals surface area (Å²) in [6, 6.07) is 6.46. The van der Waals surface area contributed by atoms with E-state index in [1.54, 1.807) is 6.07 Å². The fourth-order valence-electron chi connectivity index (χ4n) is 1.85. The number of hydrogen-bond acceptors (Lipinski definition) is 4. The highest BCUT2D eigenvalue weighted by Gasteiger charge is 2.41. The molecule has 0 saturated carbocycles. The van der Waals surface area contributed by atoms with Gasteiger partial charge in [0.05, 0.1) is 5.39 Å². The predicted octanol–water partition coefficient (Wildman–Crippen LogP) is 3.09. The lowest BCUT2D eigenvalue weighted by atomic mass is 10.1. The van der Waals surface area contributed by atoms with Crippen molar-refractivity contribution in [1.29, 1.82) is 0 Å². The van der Waals surface area contributed by atoms with Crippen molar-refractivity contribution in [2.45, 2.75) is 5.92 Å². The normalized spacial score (nSPS) is 11.6. The third-order valence-corrected chi connectivity index (χ3v) is 2.97. The van der Waals surface area contributed by atoms with Crippen LogP contribution in [0.5, 0.6) is 0 Å². The number of fused-ring (bicyclic) bond motifs is 1. The van der Waals surface area contributed by atoms with E-state index in [2.05, 4.69) is 10.1 Å². The Kier molecular flexibility index (Phi) is 3.28. The van der Waals surface area contributed by atoms with Gasteiger partial charge < -0.3 is 9.84 Å². The first-order valence-electron chi connectivity index (χ1n) is 6.14. The number of amides is 1. The van der Waals surface area contributed by atoms with E-state index in [9.17, 15) is 18.0 Å². The second kappa shape index (κ2) is 5.14. The van der Waals surface area contributed by atoms with E-state index in [0.29, 0.717) is 5.39 Å². The summed E-state index contributed by atoms with van der Waals surface area (Å²) in [5.41, 5.74) is -0.514. The molecule has 0 radical (unpaired) electrons. The average molecular weight is 307 g/mol. The minimum Gasteiger partial charge on any atom is -0.334 e. The quantitative estimate of drug-likeness (QED) is 0.807. The van der Waals surface area contributed by atoms with Gasteiger partial charge in [0, 0.05) is 11.8 Å². The third kappa shape index (κ3) is 2.39. The molecule has 5 nitrogen and oxygen atoms in total. The smallest absolute Gasteiger partial charge is 0.334 e. The van der Waals surface area contributed by atoms with Gasteiger partial charge in [0.2, 0.25) is 0 Å². The average Bonchev–Trinajstić information content (AvgIpc) is 2.91. The van der Waals surface area contributed by atoms with Gasteiger partial charge in [-0.3, -0.25) is 4.79 Å². The van der Waals surface area contributed by atoms with Gasteiger partial charge in [-0.1, -0.05) is 5.16 Å². The lowest BCUT2D eigenvalue weighted by molar-refractivity contribution is -0.141. The summed E-state index contributed by atoms with van der Waals surface area (Å²) in [6.07, 6.45) is 1.44. The molecule has 0 atom stereocenters. The largest absolute Gasteiger partial charge is 0.350 e. The molecular formula is C14H8F3N3O2. The number of nitrogens with zero attached hydrogens (tertiary/aromatic N) is 2. The van der Waals surface area contributed by atoms with Crippen molar-refractivity contribution in [3.8, 4) is 0 Å². The molecule has 0 aliphatic heterocycles. The lowest BCUT2D eigenvalue weighted by Crippen LogP contribution is -2.32. The van der Waals surface area contributed by atoms with Crippen LogP contribution in [0.2, 0.25) is 0 Å². The van der Waals surface area contributed by atoms with E-state index in [4.69, 9.17) is 4.52 Å². The van der Waals surface area contributed by atoms with Crippen LogP contribution in [-0.4, -0.2) is 16.0 Å². The number of hydrogen-bond donors (Lipinski definition) is 1. The number of pyridine rings is 1. The van der Waals surface area contributed by atoms with Gasteiger partial charge in [-0.2, -0.15) is 8.78 Å². The molecule has 0 spiro atoms. The maximum Gasteiger partial charge on any atom is 0.350 e. The van der Waals surface area contributed by atoms with Gasteiger partial charge in [-0.25, -0.2) is 9.37 Å². The fraction of sp³-hybridized carbons (Fsp3) is 0.0714. The first-order chi connectivity index (χ1) is 10.5. The molecule has 0 unspecified atom stereocenters. The molecule has 0 saturated heterocycles. The summed E-state index contributed by atoms with van der Waals surface area (Å²) >= 11 is 0. The second-order valence-electron chi connectivity index (χ2n) is 4.42. The van der Waals surface area contributed by atoms with Crippen LogP contribution < -0.4 is 5.32 Å². The van der Waals surface area contributed by atoms with E-state index in [1.807, 2.05) is 5.32 Å². The van der Waals surface area contributed by atoms with Crippen molar-refractivity contribution in [3.05, 3.63) is 54.0 Å². The Hall–Kier alpha value is -2.90. The Morgan fingerprint density at radius 1 is 1.18 bits per heavy atom. The fourth-order valence-corrected chi connectivity index (χ4v) is 1.85. The van der Waals surface area contributed by atoms with Crippen molar-refractivity contribution in [2.24, 2.45) is 0 Å². The zero-order valence-corrected chi connectivity index (χ0v) is 10.9. The summed E-state index contributed by atoms with van der Waals surface area (Å²) in [4.78, 5) is 15.6. The molecule has 22 heavy (non-hydrogen) atoms. The molecule has 0 aliphatic rings. The van der Waals surface area contributed by atoms with Crippen LogP contribution in [0.4, 0.5) is 19.0 Å². The Balaban J connectivity index is 1.88. The first-order valence-corrected chi connectivity index (χ1v) is 6.14. The molecule has 0 bridgehead atoms.